The lowest BCUT2D eigenvalue weighted by Crippen LogP contribution is -1.82. The van der Waals surface area contributed by atoms with Crippen molar-refractivity contribution >= 4 is 0 Å². The van der Waals surface area contributed by atoms with E-state index < -0.39 is 0 Å². The lowest BCUT2D eigenvalue weighted by atomic mass is 10.1. The van der Waals surface area contributed by atoms with Crippen LogP contribution >= 0.6 is 0 Å². The first kappa shape index (κ1) is 9.71. The van der Waals surface area contributed by atoms with Crippen LogP contribution in [0, 0.1) is 5.82 Å². The maximum absolute atomic E-state index is 12.7. The van der Waals surface area contributed by atoms with Gasteiger partial charge in [0, 0.05) is 0 Å². The Hall–Kier alpha value is -1.83. The Morgan fingerprint density at radius 3 is 1.73 bits per heavy atom. The second-order valence-corrected chi connectivity index (χ2v) is 3.24. The summed E-state index contributed by atoms with van der Waals surface area (Å²) in [6.45, 7) is 0. The van der Waals surface area contributed by atoms with Gasteiger partial charge in [0.15, 0.2) is 0 Å². The average molecular weight is 201 g/mol. The third-order valence-corrected chi connectivity index (χ3v) is 2.27. The number of hydrogen-bond donors (Lipinski definition) is 0. The fourth-order valence-corrected chi connectivity index (χ4v) is 1.43. The fraction of sp³-hybridized carbons (Fsp3) is 0.0769. The molecule has 0 unspecified atom stereocenters. The van der Waals surface area contributed by atoms with E-state index in [-0.39, 0.29) is 5.82 Å². The summed E-state index contributed by atoms with van der Waals surface area (Å²) in [7, 11) is 1.63. The van der Waals surface area contributed by atoms with Crippen molar-refractivity contribution in [3.63, 3.8) is 0 Å². The van der Waals surface area contributed by atoms with E-state index in [1.807, 2.05) is 24.3 Å². The summed E-state index contributed by atoms with van der Waals surface area (Å²) in [6.07, 6.45) is 0. The molecule has 0 heterocycles. The van der Waals surface area contributed by atoms with E-state index >= 15 is 0 Å². The standard InChI is InChI=1S/C13H11FO/c1-15-13-8-4-11(5-9-13)10-2-6-12(14)7-3-10/h2-9H,1H3/i14-1. The normalized spacial score (nSPS) is 10.0. The molecule has 76 valence electrons. The number of halogens is 1. The van der Waals surface area contributed by atoms with Gasteiger partial charge in [-0.25, -0.2) is 4.39 Å². The Kier molecular flexibility index (Phi) is 2.68. The van der Waals surface area contributed by atoms with E-state index in [9.17, 15) is 4.39 Å². The summed E-state index contributed by atoms with van der Waals surface area (Å²) in [6, 6.07) is 14.1. The molecular formula is C13H11FO. The van der Waals surface area contributed by atoms with Gasteiger partial charge in [0.1, 0.15) is 11.6 Å². The zero-order valence-corrected chi connectivity index (χ0v) is 8.41. The minimum Gasteiger partial charge on any atom is -0.497 e. The molecule has 0 atom stereocenters. The predicted molar refractivity (Wildman–Crippen MR) is 58.4 cm³/mol. The second kappa shape index (κ2) is 4.13. The quantitative estimate of drug-likeness (QED) is 0.722. The molecule has 0 aliphatic carbocycles. The molecule has 0 N–H and O–H groups in total. The van der Waals surface area contributed by atoms with E-state index in [0.717, 1.165) is 16.9 Å². The van der Waals surface area contributed by atoms with Crippen LogP contribution in [0.5, 0.6) is 5.75 Å². The minimum atomic E-state index is -0.215. The highest BCUT2D eigenvalue weighted by atomic mass is 18.2. The monoisotopic (exact) mass is 201 g/mol. The van der Waals surface area contributed by atoms with Gasteiger partial charge in [-0.1, -0.05) is 24.3 Å². The van der Waals surface area contributed by atoms with Crippen LogP contribution in [-0.2, 0) is 0 Å². The van der Waals surface area contributed by atoms with Crippen LogP contribution < -0.4 is 4.74 Å². The lowest BCUT2D eigenvalue weighted by molar-refractivity contribution is 0.415. The summed E-state index contributed by atoms with van der Waals surface area (Å²) in [5.74, 6) is 0.605. The molecule has 0 saturated heterocycles. The van der Waals surface area contributed by atoms with Crippen LogP contribution in [0.3, 0.4) is 0 Å². The van der Waals surface area contributed by atoms with E-state index in [1.165, 1.54) is 12.1 Å². The van der Waals surface area contributed by atoms with E-state index in [2.05, 4.69) is 0 Å². The van der Waals surface area contributed by atoms with E-state index in [1.54, 1.807) is 19.2 Å². The smallest absolute Gasteiger partial charge is 0.123 e. The summed E-state index contributed by atoms with van der Waals surface area (Å²) in [5, 5.41) is 0. The topological polar surface area (TPSA) is 9.23 Å². The molecule has 0 radical (unpaired) electrons. The summed E-state index contributed by atoms with van der Waals surface area (Å²) in [4.78, 5) is 0. The first-order valence-corrected chi connectivity index (χ1v) is 4.69. The molecule has 15 heavy (non-hydrogen) atoms. The van der Waals surface area contributed by atoms with Crippen LogP contribution in [-0.4, -0.2) is 7.11 Å². The molecule has 0 aliphatic rings. The number of ether oxygens (including phenoxy) is 1. The van der Waals surface area contributed by atoms with Crippen molar-refractivity contribution in [1.29, 1.82) is 0 Å². The first-order chi connectivity index (χ1) is 7.29. The molecule has 0 fully saturated rings. The molecule has 2 aromatic carbocycles. The Bertz CT molecular complexity index is 431. The molecule has 0 amide bonds. The maximum atomic E-state index is 12.7. The SMILES string of the molecule is COc1ccc(-c2ccc([18F])cc2)cc1. The van der Waals surface area contributed by atoms with Gasteiger partial charge in [-0.15, -0.1) is 0 Å². The molecule has 2 rings (SSSR count). The number of hydrogen-bond acceptors (Lipinski definition) is 1. The van der Waals surface area contributed by atoms with Crippen molar-refractivity contribution < 1.29 is 9.13 Å². The molecule has 2 heteroatoms. The highest BCUT2D eigenvalue weighted by Gasteiger charge is 1.98. The van der Waals surface area contributed by atoms with Crippen molar-refractivity contribution in [3.8, 4) is 16.9 Å². The van der Waals surface area contributed by atoms with Crippen molar-refractivity contribution in [2.45, 2.75) is 0 Å². The van der Waals surface area contributed by atoms with Gasteiger partial charge < -0.3 is 4.74 Å². The van der Waals surface area contributed by atoms with Crippen LogP contribution in [0.25, 0.3) is 11.1 Å². The third-order valence-electron chi connectivity index (χ3n) is 2.27. The number of benzene rings is 2. The van der Waals surface area contributed by atoms with Gasteiger partial charge in [-0.05, 0) is 35.4 Å². The van der Waals surface area contributed by atoms with Gasteiger partial charge in [0.25, 0.3) is 0 Å². The second-order valence-electron chi connectivity index (χ2n) is 3.24. The molecule has 0 aromatic heterocycles. The van der Waals surface area contributed by atoms with Crippen molar-refractivity contribution in [2.75, 3.05) is 7.11 Å². The molecule has 2 aromatic rings. The first-order valence-electron chi connectivity index (χ1n) is 4.69. The Labute approximate surface area is 88.1 Å². The average Bonchev–Trinajstić information content (AvgIpc) is 2.30. The summed E-state index contributed by atoms with van der Waals surface area (Å²) in [5.41, 5.74) is 2.05. The summed E-state index contributed by atoms with van der Waals surface area (Å²) < 4.78 is 17.8. The molecule has 1 nitrogen and oxygen atoms in total. The van der Waals surface area contributed by atoms with Crippen LogP contribution in [0.15, 0.2) is 48.5 Å². The summed E-state index contributed by atoms with van der Waals surface area (Å²) >= 11 is 0. The third kappa shape index (κ3) is 2.15. The highest BCUT2D eigenvalue weighted by molar-refractivity contribution is 5.63. The number of rotatable bonds is 2. The molecule has 0 aliphatic heterocycles. The van der Waals surface area contributed by atoms with Gasteiger partial charge in [-0.3, -0.25) is 0 Å². The highest BCUT2D eigenvalue weighted by Crippen LogP contribution is 2.22. The van der Waals surface area contributed by atoms with Crippen molar-refractivity contribution in [3.05, 3.63) is 54.3 Å². The Morgan fingerprint density at radius 2 is 1.27 bits per heavy atom. The minimum absolute atomic E-state index is 0.215. The van der Waals surface area contributed by atoms with Crippen LogP contribution in [0.4, 0.5) is 4.39 Å². The molecule has 0 bridgehead atoms. The predicted octanol–water partition coefficient (Wildman–Crippen LogP) is 3.50. The van der Waals surface area contributed by atoms with Crippen LogP contribution in [0.1, 0.15) is 0 Å². The van der Waals surface area contributed by atoms with Gasteiger partial charge >= 0.3 is 0 Å². The molecule has 0 spiro atoms. The van der Waals surface area contributed by atoms with Crippen molar-refractivity contribution in [2.24, 2.45) is 0 Å². The fourth-order valence-electron chi connectivity index (χ4n) is 1.43. The zero-order chi connectivity index (χ0) is 10.7. The van der Waals surface area contributed by atoms with Gasteiger partial charge in [0.05, 0.1) is 7.11 Å². The molecule has 0 saturated carbocycles. The van der Waals surface area contributed by atoms with E-state index in [0.29, 0.717) is 0 Å². The lowest BCUT2D eigenvalue weighted by Gasteiger charge is -2.03. The van der Waals surface area contributed by atoms with Gasteiger partial charge in [0.2, 0.25) is 0 Å². The Balaban J connectivity index is 2.33. The van der Waals surface area contributed by atoms with Crippen LogP contribution in [0.2, 0.25) is 0 Å². The molecular weight excluding hydrogens is 190 g/mol. The largest absolute Gasteiger partial charge is 0.497 e. The van der Waals surface area contributed by atoms with Gasteiger partial charge in [-0.2, -0.15) is 0 Å². The van der Waals surface area contributed by atoms with E-state index in [4.69, 9.17) is 4.74 Å². The zero-order valence-electron chi connectivity index (χ0n) is 8.41. The van der Waals surface area contributed by atoms with Crippen molar-refractivity contribution in [1.82, 2.24) is 0 Å². The number of methoxy groups -OCH3 is 1. The Morgan fingerprint density at radius 1 is 0.800 bits per heavy atom. The maximum Gasteiger partial charge on any atom is 0.123 e.